The summed E-state index contributed by atoms with van der Waals surface area (Å²) in [7, 11) is 0. The maximum Gasteiger partial charge on any atom is 0.178 e. The smallest absolute Gasteiger partial charge is 0.178 e. The number of hydrogen-bond donors (Lipinski definition) is 1. The summed E-state index contributed by atoms with van der Waals surface area (Å²) in [6.07, 6.45) is 1.76. The summed E-state index contributed by atoms with van der Waals surface area (Å²) in [6.45, 7) is 1.87. The van der Waals surface area contributed by atoms with Gasteiger partial charge >= 0.3 is 0 Å². The molecule has 4 heteroatoms. The van der Waals surface area contributed by atoms with Gasteiger partial charge < -0.3 is 4.98 Å². The quantitative estimate of drug-likeness (QED) is 0.561. The Hall–Kier alpha value is -2.07. The average molecular weight is 299 g/mol. The van der Waals surface area contributed by atoms with Crippen LogP contribution in [0.4, 0.5) is 4.39 Å². The molecule has 3 aromatic rings. The first-order chi connectivity index (χ1) is 10.1. The predicted molar refractivity (Wildman–Crippen MR) is 84.3 cm³/mol. The number of fused-ring (bicyclic) bond motifs is 1. The molecule has 0 saturated heterocycles. The first-order valence-electron chi connectivity index (χ1n) is 6.68. The Morgan fingerprint density at radius 3 is 2.62 bits per heavy atom. The molecule has 0 aliphatic carbocycles. The van der Waals surface area contributed by atoms with E-state index in [4.69, 9.17) is 0 Å². The van der Waals surface area contributed by atoms with Gasteiger partial charge in [0.15, 0.2) is 5.78 Å². The number of aromatic nitrogens is 1. The molecule has 0 radical (unpaired) electrons. The number of halogens is 1. The minimum absolute atomic E-state index is 0.0711. The Morgan fingerprint density at radius 1 is 1.14 bits per heavy atom. The molecule has 0 aliphatic heterocycles. The number of Topliss-reactive ketones (excluding diaryl/α,β-unsaturated/α-hetero) is 1. The van der Waals surface area contributed by atoms with Gasteiger partial charge in [0.25, 0.3) is 0 Å². The Balaban J connectivity index is 1.82. The van der Waals surface area contributed by atoms with Gasteiger partial charge in [-0.1, -0.05) is 18.2 Å². The number of para-hydroxylation sites is 1. The van der Waals surface area contributed by atoms with Crippen LogP contribution >= 0.6 is 11.8 Å². The van der Waals surface area contributed by atoms with Crippen molar-refractivity contribution in [2.24, 2.45) is 0 Å². The fourth-order valence-electron chi connectivity index (χ4n) is 2.27. The zero-order valence-electron chi connectivity index (χ0n) is 11.5. The van der Waals surface area contributed by atoms with Gasteiger partial charge in [-0.15, -0.1) is 11.8 Å². The van der Waals surface area contributed by atoms with Crippen LogP contribution in [0.5, 0.6) is 0 Å². The second-order valence-corrected chi connectivity index (χ2v) is 6.24. The summed E-state index contributed by atoms with van der Waals surface area (Å²) in [5.41, 5.74) is 1.66. The number of rotatable bonds is 4. The normalized spacial score (nSPS) is 12.5. The topological polar surface area (TPSA) is 32.9 Å². The molecular formula is C17H14FNOS. The number of nitrogens with one attached hydrogen (secondary N) is 1. The molecule has 3 rings (SSSR count). The van der Waals surface area contributed by atoms with Crippen molar-refractivity contribution in [1.82, 2.24) is 4.98 Å². The van der Waals surface area contributed by atoms with E-state index in [1.54, 1.807) is 18.3 Å². The molecule has 1 heterocycles. The Morgan fingerprint density at radius 2 is 1.86 bits per heavy atom. The molecule has 2 nitrogen and oxygen atoms in total. The van der Waals surface area contributed by atoms with Crippen LogP contribution in [0.25, 0.3) is 10.9 Å². The predicted octanol–water partition coefficient (Wildman–Crippen LogP) is 4.67. The highest BCUT2D eigenvalue weighted by molar-refractivity contribution is 8.00. The van der Waals surface area contributed by atoms with Crippen molar-refractivity contribution in [2.45, 2.75) is 17.1 Å². The van der Waals surface area contributed by atoms with Crippen molar-refractivity contribution in [3.05, 3.63) is 66.1 Å². The number of aromatic amines is 1. The van der Waals surface area contributed by atoms with Gasteiger partial charge in [-0.25, -0.2) is 4.39 Å². The fraction of sp³-hybridized carbons (Fsp3) is 0.118. The Bertz CT molecular complexity index is 779. The molecule has 1 aromatic heterocycles. The summed E-state index contributed by atoms with van der Waals surface area (Å²) in [5, 5.41) is 0.712. The van der Waals surface area contributed by atoms with Crippen molar-refractivity contribution in [3.8, 4) is 0 Å². The second-order valence-electron chi connectivity index (χ2n) is 4.83. The third-order valence-corrected chi connectivity index (χ3v) is 4.46. The van der Waals surface area contributed by atoms with E-state index < -0.39 is 0 Å². The summed E-state index contributed by atoms with van der Waals surface area (Å²) < 4.78 is 12.9. The lowest BCUT2D eigenvalue weighted by atomic mass is 10.1. The molecule has 0 spiro atoms. The van der Waals surface area contributed by atoms with Crippen molar-refractivity contribution < 1.29 is 9.18 Å². The Labute approximate surface area is 126 Å². The third-order valence-electron chi connectivity index (χ3n) is 3.35. The van der Waals surface area contributed by atoms with Crippen molar-refractivity contribution in [1.29, 1.82) is 0 Å². The van der Waals surface area contributed by atoms with Gasteiger partial charge in [0.05, 0.1) is 5.25 Å². The zero-order valence-corrected chi connectivity index (χ0v) is 12.3. The molecular weight excluding hydrogens is 285 g/mol. The zero-order chi connectivity index (χ0) is 14.8. The van der Waals surface area contributed by atoms with Gasteiger partial charge in [0.2, 0.25) is 0 Å². The summed E-state index contributed by atoms with van der Waals surface area (Å²) >= 11 is 1.44. The molecule has 2 aromatic carbocycles. The molecule has 0 amide bonds. The van der Waals surface area contributed by atoms with Gasteiger partial charge in [-0.05, 0) is 37.3 Å². The first-order valence-corrected chi connectivity index (χ1v) is 7.55. The van der Waals surface area contributed by atoms with Gasteiger partial charge in [0, 0.05) is 27.6 Å². The van der Waals surface area contributed by atoms with Crippen molar-refractivity contribution >= 4 is 28.4 Å². The molecule has 1 N–H and O–H groups in total. The van der Waals surface area contributed by atoms with E-state index in [9.17, 15) is 9.18 Å². The van der Waals surface area contributed by atoms with Crippen LogP contribution in [-0.2, 0) is 0 Å². The van der Waals surface area contributed by atoms with Crippen LogP contribution in [0.1, 0.15) is 17.3 Å². The van der Waals surface area contributed by atoms with Crippen LogP contribution in [0, 0.1) is 5.82 Å². The highest BCUT2D eigenvalue weighted by Gasteiger charge is 2.19. The molecule has 0 bridgehead atoms. The highest BCUT2D eigenvalue weighted by atomic mass is 32.2. The molecule has 0 saturated carbocycles. The molecule has 106 valence electrons. The minimum atomic E-state index is -0.269. The second kappa shape index (κ2) is 5.74. The van der Waals surface area contributed by atoms with E-state index in [2.05, 4.69) is 4.98 Å². The molecule has 1 atom stereocenters. The number of carbonyl (C=O) groups excluding carboxylic acids is 1. The number of ketones is 1. The van der Waals surface area contributed by atoms with Crippen LogP contribution in [0.2, 0.25) is 0 Å². The van der Waals surface area contributed by atoms with Crippen LogP contribution in [-0.4, -0.2) is 16.0 Å². The van der Waals surface area contributed by atoms with Gasteiger partial charge in [0.1, 0.15) is 5.82 Å². The average Bonchev–Trinajstić information content (AvgIpc) is 2.92. The van der Waals surface area contributed by atoms with Crippen LogP contribution < -0.4 is 0 Å². The minimum Gasteiger partial charge on any atom is -0.360 e. The monoisotopic (exact) mass is 299 g/mol. The number of hydrogen-bond acceptors (Lipinski definition) is 2. The van der Waals surface area contributed by atoms with E-state index >= 15 is 0 Å². The summed E-state index contributed by atoms with van der Waals surface area (Å²) in [6, 6.07) is 13.9. The van der Waals surface area contributed by atoms with E-state index in [1.165, 1.54) is 23.9 Å². The third kappa shape index (κ3) is 2.85. The molecule has 0 fully saturated rings. The van der Waals surface area contributed by atoms with Crippen LogP contribution in [0.15, 0.2) is 59.6 Å². The number of benzene rings is 2. The van der Waals surface area contributed by atoms with Crippen molar-refractivity contribution in [3.63, 3.8) is 0 Å². The maximum absolute atomic E-state index is 12.9. The summed E-state index contributed by atoms with van der Waals surface area (Å²) in [4.78, 5) is 16.6. The SMILES string of the molecule is C[C@H](Sc1ccc(F)cc1)C(=O)c1c[nH]c2ccccc12. The lowest BCUT2D eigenvalue weighted by Crippen LogP contribution is -2.12. The number of thioether (sulfide) groups is 1. The van der Waals surface area contributed by atoms with E-state index in [1.807, 2.05) is 31.2 Å². The number of H-pyrrole nitrogens is 1. The largest absolute Gasteiger partial charge is 0.360 e. The highest BCUT2D eigenvalue weighted by Crippen LogP contribution is 2.28. The van der Waals surface area contributed by atoms with Crippen LogP contribution in [0.3, 0.4) is 0 Å². The standard InChI is InChI=1S/C17H14FNOS/c1-11(21-13-8-6-12(18)7-9-13)17(20)15-10-19-16-5-3-2-4-14(15)16/h2-11,19H,1H3/t11-/m0/s1. The van der Waals surface area contributed by atoms with E-state index in [0.29, 0.717) is 5.56 Å². The molecule has 0 unspecified atom stereocenters. The lowest BCUT2D eigenvalue weighted by Gasteiger charge is -2.09. The van der Waals surface area contributed by atoms with Crippen molar-refractivity contribution in [2.75, 3.05) is 0 Å². The fourth-order valence-corrected chi connectivity index (χ4v) is 3.20. The lowest BCUT2D eigenvalue weighted by molar-refractivity contribution is 0.0995. The molecule has 0 aliphatic rings. The van der Waals surface area contributed by atoms with E-state index in [-0.39, 0.29) is 16.9 Å². The van der Waals surface area contributed by atoms with E-state index in [0.717, 1.165) is 15.8 Å². The maximum atomic E-state index is 12.9. The van der Waals surface area contributed by atoms with Gasteiger partial charge in [-0.3, -0.25) is 4.79 Å². The Kier molecular flexibility index (Phi) is 3.80. The summed E-state index contributed by atoms with van der Waals surface area (Å²) in [5.74, 6) is -0.197. The number of carbonyl (C=O) groups is 1. The first kappa shape index (κ1) is 13.9. The molecule has 21 heavy (non-hydrogen) atoms. The van der Waals surface area contributed by atoms with Gasteiger partial charge in [-0.2, -0.15) is 0 Å².